The molecule has 256 valence electrons. The Kier molecular flexibility index (Phi) is 13.0. The molecule has 22 heteroatoms. The van der Waals surface area contributed by atoms with Gasteiger partial charge in [0, 0.05) is 29.4 Å². The standard InChI is InChI=1S/C26H28Cl2N10O8S2/c1-13(39)11-29-23-33-21(27)35-25(37-23)31-17-7-5-15(19(9-17)47-46-45-41)3-4-16-6-8-18(10-20(16)48(42,43)44)32-26-36-22(28)34-24(38-26)30-12-14(2)40/h3-10,13-14,39-41H,11-12H2,1-2H3,(H,42,43,44)(H2,29,31,33,35,37)(H2,30,32,34,36,38)/b4-3+. The molecule has 2 heterocycles. The summed E-state index contributed by atoms with van der Waals surface area (Å²) >= 11 is 12.6. The Morgan fingerprint density at radius 3 is 1.77 bits per heavy atom. The Bertz CT molecular complexity index is 1870. The van der Waals surface area contributed by atoms with Crippen LogP contribution in [0.1, 0.15) is 25.0 Å². The zero-order chi connectivity index (χ0) is 34.8. The van der Waals surface area contributed by atoms with Crippen LogP contribution in [0, 0.1) is 0 Å². The quantitative estimate of drug-likeness (QED) is 0.0262. The number of nitrogens with one attached hydrogen (secondary N) is 4. The number of halogens is 2. The van der Waals surface area contributed by atoms with Crippen LogP contribution in [0.15, 0.2) is 46.2 Å². The van der Waals surface area contributed by atoms with Crippen LogP contribution in [-0.4, -0.2) is 83.6 Å². The van der Waals surface area contributed by atoms with Gasteiger partial charge in [0.05, 0.1) is 24.3 Å². The van der Waals surface area contributed by atoms with Gasteiger partial charge in [0.25, 0.3) is 10.1 Å². The van der Waals surface area contributed by atoms with Gasteiger partial charge in [0.2, 0.25) is 34.4 Å². The number of hydrogen-bond donors (Lipinski definition) is 8. The Balaban J connectivity index is 1.59. The molecule has 4 rings (SSSR count). The lowest BCUT2D eigenvalue weighted by atomic mass is 10.1. The fourth-order valence-corrected chi connectivity index (χ4v) is 5.27. The van der Waals surface area contributed by atoms with Crippen molar-refractivity contribution >= 4 is 92.7 Å². The van der Waals surface area contributed by atoms with E-state index < -0.39 is 27.2 Å². The lowest BCUT2D eigenvalue weighted by molar-refractivity contribution is -0.432. The number of benzene rings is 2. The van der Waals surface area contributed by atoms with E-state index in [0.717, 1.165) is 0 Å². The van der Waals surface area contributed by atoms with Gasteiger partial charge in [-0.2, -0.15) is 38.3 Å². The van der Waals surface area contributed by atoms with Gasteiger partial charge < -0.3 is 31.5 Å². The molecule has 0 fully saturated rings. The highest BCUT2D eigenvalue weighted by Crippen LogP contribution is 2.31. The zero-order valence-corrected chi connectivity index (χ0v) is 28.0. The van der Waals surface area contributed by atoms with Crippen molar-refractivity contribution in [2.45, 2.75) is 35.8 Å². The number of aliphatic hydroxyl groups excluding tert-OH is 2. The van der Waals surface area contributed by atoms with E-state index in [1.165, 1.54) is 30.4 Å². The van der Waals surface area contributed by atoms with E-state index >= 15 is 0 Å². The molecule has 2 atom stereocenters. The summed E-state index contributed by atoms with van der Waals surface area (Å²) in [4.78, 5) is 24.2. The van der Waals surface area contributed by atoms with E-state index in [4.69, 9.17) is 28.5 Å². The number of anilines is 6. The van der Waals surface area contributed by atoms with Crippen LogP contribution in [0.4, 0.5) is 35.2 Å². The number of aromatic nitrogens is 6. The predicted octanol–water partition coefficient (Wildman–Crippen LogP) is 4.28. The third-order valence-electron chi connectivity index (χ3n) is 5.74. The van der Waals surface area contributed by atoms with Gasteiger partial charge in [-0.15, -0.1) is 4.33 Å². The summed E-state index contributed by atoms with van der Waals surface area (Å²) in [6.45, 7) is 3.47. The van der Waals surface area contributed by atoms with Crippen molar-refractivity contribution in [3.63, 3.8) is 0 Å². The molecule has 8 N–H and O–H groups in total. The van der Waals surface area contributed by atoms with Gasteiger partial charge in [-0.1, -0.05) is 29.3 Å². The van der Waals surface area contributed by atoms with Crippen molar-refractivity contribution in [1.29, 1.82) is 0 Å². The topological polar surface area (TPSA) is 259 Å². The minimum absolute atomic E-state index is 0.0270. The number of aliphatic hydroxyl groups is 2. The van der Waals surface area contributed by atoms with Crippen molar-refractivity contribution in [2.75, 3.05) is 34.4 Å². The van der Waals surface area contributed by atoms with E-state index in [1.807, 2.05) is 0 Å². The maximum Gasteiger partial charge on any atom is 0.295 e. The maximum atomic E-state index is 12.4. The van der Waals surface area contributed by atoms with E-state index in [2.05, 4.69) is 60.5 Å². The Labute approximate surface area is 287 Å². The molecule has 0 bridgehead atoms. The second kappa shape index (κ2) is 16.9. The number of nitrogens with zero attached hydrogens (tertiary/aromatic N) is 6. The van der Waals surface area contributed by atoms with Crippen LogP contribution >= 0.6 is 35.2 Å². The summed E-state index contributed by atoms with van der Waals surface area (Å²) < 4.78 is 39.4. The van der Waals surface area contributed by atoms with Gasteiger partial charge in [0.1, 0.15) is 4.90 Å². The number of hydrogen-bond acceptors (Lipinski definition) is 18. The molecule has 4 aromatic rings. The molecular formula is C26H28Cl2N10O8S2. The first-order valence-electron chi connectivity index (χ1n) is 13.6. The van der Waals surface area contributed by atoms with E-state index in [1.54, 1.807) is 32.0 Å². The first-order valence-corrected chi connectivity index (χ1v) is 16.5. The van der Waals surface area contributed by atoms with Crippen molar-refractivity contribution < 1.29 is 37.8 Å². The summed E-state index contributed by atoms with van der Waals surface area (Å²) in [7, 11) is -4.72. The predicted molar refractivity (Wildman–Crippen MR) is 179 cm³/mol. The smallest absolute Gasteiger partial charge is 0.295 e. The largest absolute Gasteiger partial charge is 0.392 e. The van der Waals surface area contributed by atoms with Gasteiger partial charge >= 0.3 is 0 Å². The molecule has 18 nitrogen and oxygen atoms in total. The molecule has 0 aliphatic carbocycles. The van der Waals surface area contributed by atoms with Crippen LogP contribution in [0.25, 0.3) is 12.2 Å². The van der Waals surface area contributed by atoms with Gasteiger partial charge in [0.15, 0.2) is 0 Å². The summed E-state index contributed by atoms with van der Waals surface area (Å²) in [5.74, 6) is 0.262. The van der Waals surface area contributed by atoms with Gasteiger partial charge in [-0.25, -0.2) is 5.26 Å². The Morgan fingerprint density at radius 2 is 1.27 bits per heavy atom. The first-order chi connectivity index (χ1) is 22.8. The summed E-state index contributed by atoms with van der Waals surface area (Å²) in [5.41, 5.74) is 1.25. The molecule has 0 radical (unpaired) electrons. The molecule has 48 heavy (non-hydrogen) atoms. The molecule has 0 amide bonds. The summed E-state index contributed by atoms with van der Waals surface area (Å²) in [6, 6.07) is 8.99. The molecule has 0 aliphatic rings. The molecule has 0 saturated heterocycles. The average Bonchev–Trinajstić information content (AvgIpc) is 3.00. The third kappa shape index (κ3) is 11.3. The van der Waals surface area contributed by atoms with Crippen LogP contribution in [0.3, 0.4) is 0 Å². The van der Waals surface area contributed by atoms with E-state index in [-0.39, 0.29) is 58.7 Å². The lowest BCUT2D eigenvalue weighted by Crippen LogP contribution is -2.17. The molecule has 2 aromatic heterocycles. The highest BCUT2D eigenvalue weighted by atomic mass is 35.5. The minimum Gasteiger partial charge on any atom is -0.392 e. The molecule has 0 aliphatic heterocycles. The second-order valence-electron chi connectivity index (χ2n) is 9.75. The fourth-order valence-electron chi connectivity index (χ4n) is 3.73. The normalized spacial score (nSPS) is 12.9. The Morgan fingerprint density at radius 1 is 0.792 bits per heavy atom. The highest BCUT2D eigenvalue weighted by Gasteiger charge is 2.17. The first kappa shape index (κ1) is 36.9. The fraction of sp³-hybridized carbons (Fsp3) is 0.231. The van der Waals surface area contributed by atoms with Crippen molar-refractivity contribution in [1.82, 2.24) is 29.9 Å². The SMILES string of the molecule is CC(O)CNc1nc(Cl)nc(Nc2ccc(/C=C/c3ccc(Nc4nc(Cl)nc(NCC(C)O)n4)cc3S(=O)(=O)O)c(SOOO)c2)n1. The zero-order valence-electron chi connectivity index (χ0n) is 24.9. The van der Waals surface area contributed by atoms with Crippen molar-refractivity contribution in [3.05, 3.63) is 58.1 Å². The third-order valence-corrected chi connectivity index (χ3v) is 7.65. The average molecular weight is 744 g/mol. The highest BCUT2D eigenvalue weighted by molar-refractivity contribution is 7.94. The molecule has 2 aromatic carbocycles. The minimum atomic E-state index is -4.72. The van der Waals surface area contributed by atoms with Crippen molar-refractivity contribution in [2.24, 2.45) is 0 Å². The summed E-state index contributed by atoms with van der Waals surface area (Å²) in [6.07, 6.45) is 1.62. The van der Waals surface area contributed by atoms with Crippen molar-refractivity contribution in [3.8, 4) is 0 Å². The molecule has 0 spiro atoms. The second-order valence-corrected chi connectivity index (χ2v) is 12.6. The van der Waals surface area contributed by atoms with Gasteiger partial charge in [-0.3, -0.25) is 4.55 Å². The monoisotopic (exact) mass is 742 g/mol. The summed E-state index contributed by atoms with van der Waals surface area (Å²) in [5, 5.41) is 42.6. The van der Waals surface area contributed by atoms with Crippen LogP contribution in [0.2, 0.25) is 10.6 Å². The van der Waals surface area contributed by atoms with Crippen LogP contribution < -0.4 is 21.3 Å². The number of rotatable bonds is 16. The Hall–Kier alpha value is -3.96. The van der Waals surface area contributed by atoms with E-state index in [9.17, 15) is 23.2 Å². The maximum absolute atomic E-state index is 12.4. The molecule has 0 saturated carbocycles. The van der Waals surface area contributed by atoms with E-state index in [0.29, 0.717) is 28.2 Å². The molecule has 2 unspecified atom stereocenters. The van der Waals surface area contributed by atoms with Gasteiger partial charge in [-0.05, 0) is 72.4 Å². The van der Waals surface area contributed by atoms with Crippen LogP contribution in [0.5, 0.6) is 0 Å². The van der Waals surface area contributed by atoms with Crippen LogP contribution in [-0.2, 0) is 19.5 Å². The molecular weight excluding hydrogens is 715 g/mol. The lowest BCUT2D eigenvalue weighted by Gasteiger charge is -2.12.